The van der Waals surface area contributed by atoms with Gasteiger partial charge in [-0.3, -0.25) is 9.97 Å². The van der Waals surface area contributed by atoms with Crippen molar-refractivity contribution >= 4 is 0 Å². The van der Waals surface area contributed by atoms with Gasteiger partial charge in [-0.15, -0.1) is 0 Å². The first-order valence-corrected chi connectivity index (χ1v) is 9.85. The molecule has 0 amide bonds. The summed E-state index contributed by atoms with van der Waals surface area (Å²) in [5.41, 5.74) is 5.05. The first-order chi connectivity index (χ1) is 13.9. The molecule has 1 aliphatic carbocycles. The third-order valence-corrected chi connectivity index (χ3v) is 5.98. The highest BCUT2D eigenvalue weighted by Crippen LogP contribution is 2.65. The van der Waals surface area contributed by atoms with Gasteiger partial charge in [-0.2, -0.15) is 0 Å². The first kappa shape index (κ1) is 16.9. The van der Waals surface area contributed by atoms with E-state index in [1.54, 1.807) is 0 Å². The van der Waals surface area contributed by atoms with Crippen molar-refractivity contribution in [1.82, 2.24) is 9.97 Å². The van der Waals surface area contributed by atoms with Gasteiger partial charge < -0.3 is 0 Å². The van der Waals surface area contributed by atoms with Crippen molar-refractivity contribution in [2.45, 2.75) is 23.7 Å². The zero-order valence-corrected chi connectivity index (χ0v) is 15.6. The summed E-state index contributed by atoms with van der Waals surface area (Å²) in [6, 6.07) is 34.2. The van der Waals surface area contributed by atoms with Crippen LogP contribution in [0.2, 0.25) is 0 Å². The molecule has 2 heteroatoms. The normalized spacial score (nSPS) is 23.7. The second kappa shape index (κ2) is 7.40. The number of rotatable bonds is 4. The Morgan fingerprint density at radius 3 is 1.14 bits per heavy atom. The average Bonchev–Trinajstić information content (AvgIpc) is 2.76. The van der Waals surface area contributed by atoms with E-state index >= 15 is 0 Å². The van der Waals surface area contributed by atoms with Crippen LogP contribution in [0, 0.1) is 0 Å². The molecule has 1 saturated carbocycles. The molecule has 0 aliphatic heterocycles. The predicted molar refractivity (Wildman–Crippen MR) is 112 cm³/mol. The summed E-state index contributed by atoms with van der Waals surface area (Å²) in [5, 5.41) is 0. The molecule has 2 aromatic carbocycles. The van der Waals surface area contributed by atoms with E-state index in [9.17, 15) is 0 Å². The van der Waals surface area contributed by atoms with Gasteiger partial charge in [0.25, 0.3) is 0 Å². The summed E-state index contributed by atoms with van der Waals surface area (Å²) in [5.74, 6) is 1.38. The maximum Gasteiger partial charge on any atom is 0.0447 e. The summed E-state index contributed by atoms with van der Waals surface area (Å²) in [6.45, 7) is 0. The van der Waals surface area contributed by atoms with Crippen molar-refractivity contribution in [2.75, 3.05) is 0 Å². The van der Waals surface area contributed by atoms with E-state index in [2.05, 4.69) is 84.9 Å². The lowest BCUT2D eigenvalue weighted by molar-refractivity contribution is 0.220. The molecule has 5 rings (SSSR count). The zero-order chi connectivity index (χ0) is 18.8. The molecule has 2 aromatic heterocycles. The highest BCUT2D eigenvalue weighted by molar-refractivity contribution is 5.45. The average molecular weight is 362 g/mol. The van der Waals surface area contributed by atoms with Crippen LogP contribution in [-0.4, -0.2) is 9.97 Å². The molecule has 0 radical (unpaired) electrons. The minimum Gasteiger partial charge on any atom is -0.261 e. The van der Waals surface area contributed by atoms with Gasteiger partial charge in [0.15, 0.2) is 0 Å². The minimum absolute atomic E-state index is 0.331. The van der Waals surface area contributed by atoms with E-state index in [1.807, 2.05) is 24.5 Å². The highest BCUT2D eigenvalue weighted by Gasteiger charge is 2.53. The number of benzene rings is 2. The zero-order valence-electron chi connectivity index (χ0n) is 15.6. The Morgan fingerprint density at radius 2 is 0.786 bits per heavy atom. The quantitative estimate of drug-likeness (QED) is 0.450. The second-order valence-electron chi connectivity index (χ2n) is 7.43. The maximum absolute atomic E-state index is 4.76. The molecule has 0 atom stereocenters. The molecule has 2 nitrogen and oxygen atoms in total. The number of hydrogen-bond donors (Lipinski definition) is 0. The Morgan fingerprint density at radius 1 is 0.393 bits per heavy atom. The van der Waals surface area contributed by atoms with E-state index in [0.29, 0.717) is 23.7 Å². The van der Waals surface area contributed by atoms with E-state index in [-0.39, 0.29) is 0 Å². The monoisotopic (exact) mass is 362 g/mol. The summed E-state index contributed by atoms with van der Waals surface area (Å²) in [4.78, 5) is 9.52. The molecule has 0 spiro atoms. The van der Waals surface area contributed by atoms with Gasteiger partial charge >= 0.3 is 0 Å². The largest absolute Gasteiger partial charge is 0.261 e. The van der Waals surface area contributed by atoms with Crippen LogP contribution in [0.1, 0.15) is 46.2 Å². The minimum atomic E-state index is 0.331. The fourth-order valence-electron chi connectivity index (χ4n) is 4.81. The SMILES string of the molecule is c1ccc(C2C(c3ccccn3)C(c3ccccc3)C2c2ccccn2)cc1. The maximum atomic E-state index is 4.76. The summed E-state index contributed by atoms with van der Waals surface area (Å²) >= 11 is 0. The number of aromatic nitrogens is 2. The van der Waals surface area contributed by atoms with Crippen molar-refractivity contribution in [3.63, 3.8) is 0 Å². The molecule has 28 heavy (non-hydrogen) atoms. The molecular weight excluding hydrogens is 340 g/mol. The Balaban J connectivity index is 1.67. The van der Waals surface area contributed by atoms with Crippen LogP contribution in [0.5, 0.6) is 0 Å². The first-order valence-electron chi connectivity index (χ1n) is 9.85. The summed E-state index contributed by atoms with van der Waals surface area (Å²) < 4.78 is 0. The van der Waals surface area contributed by atoms with E-state index < -0.39 is 0 Å². The molecule has 1 aliphatic rings. The van der Waals surface area contributed by atoms with E-state index in [4.69, 9.17) is 9.97 Å². The van der Waals surface area contributed by atoms with Gasteiger partial charge in [0.05, 0.1) is 0 Å². The van der Waals surface area contributed by atoms with Crippen LogP contribution in [0.25, 0.3) is 0 Å². The Kier molecular flexibility index (Phi) is 4.46. The van der Waals surface area contributed by atoms with Crippen LogP contribution < -0.4 is 0 Å². The van der Waals surface area contributed by atoms with Gasteiger partial charge in [-0.05, 0) is 35.4 Å². The third-order valence-electron chi connectivity index (χ3n) is 5.98. The fourth-order valence-corrected chi connectivity index (χ4v) is 4.81. The number of pyridine rings is 2. The molecule has 136 valence electrons. The summed E-state index contributed by atoms with van der Waals surface area (Å²) in [6.07, 6.45) is 3.82. The predicted octanol–water partition coefficient (Wildman–Crippen LogP) is 5.93. The lowest BCUT2D eigenvalue weighted by Gasteiger charge is -2.52. The fraction of sp³-hybridized carbons (Fsp3) is 0.154. The third kappa shape index (κ3) is 2.91. The van der Waals surface area contributed by atoms with Crippen LogP contribution >= 0.6 is 0 Å². The van der Waals surface area contributed by atoms with Crippen molar-refractivity contribution < 1.29 is 0 Å². The van der Waals surface area contributed by atoms with E-state index in [0.717, 1.165) is 11.4 Å². The second-order valence-corrected chi connectivity index (χ2v) is 7.43. The Bertz CT molecular complexity index is 835. The van der Waals surface area contributed by atoms with Gasteiger partial charge in [-0.1, -0.05) is 72.8 Å². The number of hydrogen-bond acceptors (Lipinski definition) is 2. The molecule has 2 heterocycles. The van der Waals surface area contributed by atoms with Crippen LogP contribution in [0.4, 0.5) is 0 Å². The van der Waals surface area contributed by atoms with E-state index in [1.165, 1.54) is 11.1 Å². The van der Waals surface area contributed by atoms with Gasteiger partial charge in [-0.25, -0.2) is 0 Å². The smallest absolute Gasteiger partial charge is 0.0447 e. The summed E-state index contributed by atoms with van der Waals surface area (Å²) in [7, 11) is 0. The van der Waals surface area contributed by atoms with Crippen LogP contribution in [0.15, 0.2) is 109 Å². The van der Waals surface area contributed by atoms with Crippen molar-refractivity contribution in [3.05, 3.63) is 132 Å². The van der Waals surface area contributed by atoms with Crippen LogP contribution in [-0.2, 0) is 0 Å². The molecular formula is C26H22N2. The molecule has 1 fully saturated rings. The standard InChI is InChI=1S/C26H22N2/c1-3-11-19(12-4-1)23-25(21-15-7-9-17-27-21)24(20-13-5-2-6-14-20)26(23)22-16-8-10-18-28-22/h1-18,23-26H. The van der Waals surface area contributed by atoms with Crippen molar-refractivity contribution in [1.29, 1.82) is 0 Å². The topological polar surface area (TPSA) is 25.8 Å². The van der Waals surface area contributed by atoms with Gasteiger partial charge in [0.2, 0.25) is 0 Å². The molecule has 0 unspecified atom stereocenters. The lowest BCUT2D eigenvalue weighted by atomic mass is 9.50. The van der Waals surface area contributed by atoms with Gasteiger partial charge in [0, 0.05) is 47.5 Å². The van der Waals surface area contributed by atoms with Crippen molar-refractivity contribution in [2.24, 2.45) is 0 Å². The molecule has 4 aromatic rings. The Hall–Kier alpha value is -3.26. The Labute approximate surface area is 165 Å². The molecule has 0 saturated heterocycles. The lowest BCUT2D eigenvalue weighted by Crippen LogP contribution is -2.40. The number of nitrogens with zero attached hydrogens (tertiary/aromatic N) is 2. The molecule has 0 N–H and O–H groups in total. The highest BCUT2D eigenvalue weighted by atomic mass is 14.8. The van der Waals surface area contributed by atoms with Gasteiger partial charge in [0.1, 0.15) is 0 Å². The van der Waals surface area contributed by atoms with Crippen molar-refractivity contribution in [3.8, 4) is 0 Å². The molecule has 0 bridgehead atoms. The van der Waals surface area contributed by atoms with Crippen LogP contribution in [0.3, 0.4) is 0 Å².